The Bertz CT molecular complexity index is 358. The Morgan fingerprint density at radius 1 is 0.905 bits per heavy atom. The summed E-state index contributed by atoms with van der Waals surface area (Å²) in [5.74, 6) is 0. The summed E-state index contributed by atoms with van der Waals surface area (Å²) in [6.45, 7) is 0. The molecule has 0 radical (unpaired) electrons. The Kier molecular flexibility index (Phi) is 11.1. The highest BCUT2D eigenvalue weighted by molar-refractivity contribution is 7.87. The van der Waals surface area contributed by atoms with Crippen molar-refractivity contribution in [1.82, 2.24) is 5.32 Å². The van der Waals surface area contributed by atoms with Crippen LogP contribution in [-0.4, -0.2) is 33.9 Å². The fourth-order valence-corrected chi connectivity index (χ4v) is 1.67. The number of alkyl halides is 5. The quantitative estimate of drug-likeness (QED) is 0.539. The van der Waals surface area contributed by atoms with E-state index in [9.17, 15) is 34.9 Å². The van der Waals surface area contributed by atoms with Gasteiger partial charge in [-0.2, -0.15) is 30.4 Å². The summed E-state index contributed by atoms with van der Waals surface area (Å²) in [5.41, 5.74) is 0. The number of nitrogens with one attached hydrogen (secondary N) is 1. The Morgan fingerprint density at radius 3 is 1.62 bits per heavy atom. The van der Waals surface area contributed by atoms with Crippen LogP contribution in [0.4, 0.5) is 26.5 Å². The van der Waals surface area contributed by atoms with Gasteiger partial charge in [-0.25, -0.2) is 0 Å². The van der Waals surface area contributed by atoms with Gasteiger partial charge in [0.1, 0.15) is 0 Å². The standard InChI is InChI=1S/C8H12F6O3S.C2H7N/c9-7(10,11)5-3-1-2-4-6-8(12,13)18(15,16)17-14;1-3-2/h1-6H2;3H,1-2H3. The molecule has 0 atom stereocenters. The minimum atomic E-state index is -5.59. The van der Waals surface area contributed by atoms with E-state index in [2.05, 4.69) is 9.70 Å². The number of halogens is 6. The molecule has 1 N–H and O–H groups in total. The van der Waals surface area contributed by atoms with Crippen molar-refractivity contribution in [2.24, 2.45) is 0 Å². The lowest BCUT2D eigenvalue weighted by Gasteiger charge is -2.12. The maximum Gasteiger partial charge on any atom is 0.389 e. The lowest BCUT2D eigenvalue weighted by Crippen LogP contribution is -2.28. The van der Waals surface area contributed by atoms with E-state index in [1.165, 1.54) is 0 Å². The Balaban J connectivity index is 0. The largest absolute Gasteiger partial charge is 0.389 e. The monoisotopic (exact) mass is 347 g/mol. The third-order valence-corrected chi connectivity index (χ3v) is 3.23. The molecule has 0 aromatic heterocycles. The molecule has 0 aliphatic rings. The highest BCUT2D eigenvalue weighted by Gasteiger charge is 2.46. The molecule has 0 unspecified atom stereocenters. The normalized spacial score (nSPS) is 12.8. The molecule has 0 bridgehead atoms. The van der Waals surface area contributed by atoms with E-state index in [-0.39, 0.29) is 25.7 Å². The van der Waals surface area contributed by atoms with E-state index in [0.717, 1.165) is 0 Å². The van der Waals surface area contributed by atoms with Gasteiger partial charge in [0, 0.05) is 12.8 Å². The van der Waals surface area contributed by atoms with Crippen molar-refractivity contribution in [3.05, 3.63) is 0 Å². The smallest absolute Gasteiger partial charge is 0.323 e. The van der Waals surface area contributed by atoms with Crippen LogP contribution >= 0.6 is 0 Å². The van der Waals surface area contributed by atoms with Gasteiger partial charge in [-0.1, -0.05) is 17.2 Å². The molecule has 0 aromatic carbocycles. The Morgan fingerprint density at radius 2 is 1.29 bits per heavy atom. The third kappa shape index (κ3) is 11.8. The maximum absolute atomic E-state index is 12.8. The molecule has 0 saturated heterocycles. The molecule has 0 saturated carbocycles. The number of rotatable bonds is 8. The maximum atomic E-state index is 12.8. The molecule has 0 fully saturated rings. The van der Waals surface area contributed by atoms with Crippen molar-refractivity contribution >= 4 is 10.1 Å². The second-order valence-corrected chi connectivity index (χ2v) is 5.82. The predicted octanol–water partition coefficient (Wildman–Crippen LogP) is 3.55. The molecule has 0 aromatic rings. The van der Waals surface area contributed by atoms with E-state index < -0.39 is 34.4 Å². The minimum Gasteiger partial charge on any atom is -0.323 e. The van der Waals surface area contributed by atoms with Gasteiger partial charge >= 0.3 is 21.5 Å². The predicted molar refractivity (Wildman–Crippen MR) is 64.8 cm³/mol. The summed E-state index contributed by atoms with van der Waals surface area (Å²) < 4.78 is 94.9. The van der Waals surface area contributed by atoms with Crippen LogP contribution in [0.25, 0.3) is 0 Å². The summed E-state index contributed by atoms with van der Waals surface area (Å²) in [6, 6.07) is 0. The highest BCUT2D eigenvalue weighted by atomic mass is 32.2. The zero-order valence-electron chi connectivity index (χ0n) is 11.6. The zero-order valence-corrected chi connectivity index (χ0v) is 12.5. The zero-order chi connectivity index (χ0) is 17.2. The van der Waals surface area contributed by atoms with Gasteiger partial charge in [-0.05, 0) is 31.5 Å². The van der Waals surface area contributed by atoms with Crippen LogP contribution < -0.4 is 5.32 Å². The number of hydrogen-bond acceptors (Lipinski definition) is 4. The lowest BCUT2D eigenvalue weighted by molar-refractivity contribution is -0.135. The van der Waals surface area contributed by atoms with E-state index >= 15 is 0 Å². The SMILES string of the molecule is CNC.O=S(=O)(OF)C(F)(F)CCCCCCC(F)(F)F. The van der Waals surface area contributed by atoms with E-state index in [1.54, 1.807) is 0 Å². The fraction of sp³-hybridized carbons (Fsp3) is 1.00. The Labute approximate surface area is 119 Å². The van der Waals surface area contributed by atoms with Gasteiger partial charge < -0.3 is 5.32 Å². The average molecular weight is 347 g/mol. The summed E-state index contributed by atoms with van der Waals surface area (Å²) >= 11 is 0. The van der Waals surface area contributed by atoms with Gasteiger partial charge in [0.25, 0.3) is 0 Å². The number of unbranched alkanes of at least 4 members (excludes halogenated alkanes) is 3. The van der Waals surface area contributed by atoms with Crippen LogP contribution in [-0.2, 0) is 14.5 Å². The molecule has 130 valence electrons. The highest BCUT2D eigenvalue weighted by Crippen LogP contribution is 2.30. The summed E-state index contributed by atoms with van der Waals surface area (Å²) in [7, 11) is -1.84. The van der Waals surface area contributed by atoms with Crippen molar-refractivity contribution in [2.45, 2.75) is 50.0 Å². The van der Waals surface area contributed by atoms with Gasteiger partial charge in [0.15, 0.2) is 0 Å². The first-order chi connectivity index (χ1) is 9.43. The fourth-order valence-electron chi connectivity index (χ4n) is 1.18. The van der Waals surface area contributed by atoms with E-state index in [4.69, 9.17) is 0 Å². The van der Waals surface area contributed by atoms with E-state index in [1.807, 2.05) is 14.1 Å². The van der Waals surface area contributed by atoms with Crippen LogP contribution in [0.2, 0.25) is 0 Å². The average Bonchev–Trinajstić information content (AvgIpc) is 2.33. The lowest BCUT2D eigenvalue weighted by atomic mass is 10.1. The first kappa shape index (κ1) is 22.7. The summed E-state index contributed by atoms with van der Waals surface area (Å²) in [4.78, 5) is 0. The van der Waals surface area contributed by atoms with Gasteiger partial charge in [0.2, 0.25) is 0 Å². The van der Waals surface area contributed by atoms with Crippen LogP contribution in [0.1, 0.15) is 38.5 Å². The molecule has 0 aliphatic heterocycles. The minimum absolute atomic E-state index is 0.00647. The molecule has 0 amide bonds. The molecule has 0 aliphatic carbocycles. The summed E-state index contributed by atoms with van der Waals surface area (Å²) in [6.07, 6.45) is -7.04. The second kappa shape index (κ2) is 10.2. The number of hydrogen-bond donors (Lipinski definition) is 1. The van der Waals surface area contributed by atoms with Crippen molar-refractivity contribution in [1.29, 1.82) is 0 Å². The first-order valence-electron chi connectivity index (χ1n) is 6.01. The van der Waals surface area contributed by atoms with Crippen molar-refractivity contribution in [2.75, 3.05) is 14.1 Å². The Hall–Kier alpha value is -0.550. The van der Waals surface area contributed by atoms with Crippen molar-refractivity contribution in [3.63, 3.8) is 0 Å². The molecule has 21 heavy (non-hydrogen) atoms. The van der Waals surface area contributed by atoms with E-state index in [0.29, 0.717) is 0 Å². The molecular formula is C10H19F6NO3S. The van der Waals surface area contributed by atoms with Crippen molar-refractivity contribution < 1.29 is 39.3 Å². The van der Waals surface area contributed by atoms with Crippen LogP contribution in [0.3, 0.4) is 0 Å². The van der Waals surface area contributed by atoms with Gasteiger partial charge in [-0.3, -0.25) is 0 Å². The third-order valence-electron chi connectivity index (χ3n) is 2.13. The first-order valence-corrected chi connectivity index (χ1v) is 7.42. The van der Waals surface area contributed by atoms with Crippen LogP contribution in [0, 0.1) is 0 Å². The summed E-state index contributed by atoms with van der Waals surface area (Å²) in [5, 5.41) is -1.62. The second-order valence-electron chi connectivity index (χ2n) is 4.18. The van der Waals surface area contributed by atoms with Gasteiger partial charge in [0.05, 0.1) is 0 Å². The van der Waals surface area contributed by atoms with Crippen molar-refractivity contribution in [3.8, 4) is 0 Å². The molecular weight excluding hydrogens is 328 g/mol. The van der Waals surface area contributed by atoms with Gasteiger partial charge in [-0.15, -0.1) is 0 Å². The topological polar surface area (TPSA) is 55.4 Å². The molecule has 0 heterocycles. The van der Waals surface area contributed by atoms with Crippen LogP contribution in [0.5, 0.6) is 0 Å². The molecule has 0 rings (SSSR count). The molecule has 11 heteroatoms. The molecule has 0 spiro atoms. The van der Waals surface area contributed by atoms with Crippen LogP contribution in [0.15, 0.2) is 0 Å². The molecule has 4 nitrogen and oxygen atoms in total.